The summed E-state index contributed by atoms with van der Waals surface area (Å²) >= 11 is 1.27. The zero-order valence-corrected chi connectivity index (χ0v) is 19.7. The third-order valence-corrected chi connectivity index (χ3v) is 5.92. The molecule has 2 N–H and O–H groups in total. The van der Waals surface area contributed by atoms with Crippen molar-refractivity contribution in [3.63, 3.8) is 0 Å². The number of nitrogens with zero attached hydrogens (tertiary/aromatic N) is 3. The molecule has 0 aliphatic carbocycles. The highest BCUT2D eigenvalue weighted by atomic mass is 32.2. The van der Waals surface area contributed by atoms with Crippen LogP contribution in [0.1, 0.15) is 22.5 Å². The molecule has 0 spiro atoms. The maximum atomic E-state index is 12.5. The maximum absolute atomic E-state index is 12.5. The van der Waals surface area contributed by atoms with E-state index in [1.54, 1.807) is 30.9 Å². The lowest BCUT2D eigenvalue weighted by Crippen LogP contribution is -2.18. The number of para-hydroxylation sites is 2. The summed E-state index contributed by atoms with van der Waals surface area (Å²) < 4.78 is 6.98. The topological polar surface area (TPSA) is 98.1 Å². The normalized spacial score (nSPS) is 10.7. The molecular formula is C23H27N5O3S. The van der Waals surface area contributed by atoms with Crippen LogP contribution in [0.25, 0.3) is 0 Å². The summed E-state index contributed by atoms with van der Waals surface area (Å²) in [5, 5.41) is 14.6. The van der Waals surface area contributed by atoms with Gasteiger partial charge in [-0.3, -0.25) is 9.59 Å². The Bertz CT molecular complexity index is 1120. The Labute approximate surface area is 191 Å². The van der Waals surface area contributed by atoms with Crippen LogP contribution in [0.15, 0.2) is 41.6 Å². The highest BCUT2D eigenvalue weighted by Crippen LogP contribution is 2.24. The number of methoxy groups -OCH3 is 1. The molecule has 2 aromatic carbocycles. The fourth-order valence-electron chi connectivity index (χ4n) is 3.39. The van der Waals surface area contributed by atoms with Gasteiger partial charge in [-0.2, -0.15) is 0 Å². The molecule has 1 heterocycles. The average molecular weight is 454 g/mol. The number of carbonyl (C=O) groups is 2. The van der Waals surface area contributed by atoms with Crippen LogP contribution in [0.3, 0.4) is 0 Å². The number of nitrogens with one attached hydrogen (secondary N) is 2. The molecule has 0 atom stereocenters. The van der Waals surface area contributed by atoms with E-state index >= 15 is 0 Å². The molecule has 0 fully saturated rings. The van der Waals surface area contributed by atoms with E-state index in [-0.39, 0.29) is 24.0 Å². The van der Waals surface area contributed by atoms with Crippen LogP contribution >= 0.6 is 11.8 Å². The van der Waals surface area contributed by atoms with Crippen molar-refractivity contribution in [2.24, 2.45) is 7.05 Å². The largest absolute Gasteiger partial charge is 0.495 e. The lowest BCUT2D eigenvalue weighted by molar-refractivity contribution is -0.116. The fraction of sp³-hybridized carbons (Fsp3) is 0.304. The first-order valence-electron chi connectivity index (χ1n) is 10.1. The second kappa shape index (κ2) is 10.3. The first-order chi connectivity index (χ1) is 15.3. The Balaban J connectivity index is 1.58. The number of benzene rings is 2. The van der Waals surface area contributed by atoms with E-state index in [0.717, 1.165) is 22.4 Å². The number of amides is 2. The minimum atomic E-state index is -0.232. The zero-order valence-electron chi connectivity index (χ0n) is 18.9. The number of hydrogen-bond donors (Lipinski definition) is 2. The predicted molar refractivity (Wildman–Crippen MR) is 126 cm³/mol. The number of thioether (sulfide) groups is 1. The summed E-state index contributed by atoms with van der Waals surface area (Å²) in [7, 11) is 3.33. The van der Waals surface area contributed by atoms with Crippen LogP contribution in [-0.4, -0.2) is 39.4 Å². The SMILES string of the molecule is COc1ccccc1NC(=O)Cc1nnc(SCC(=O)Nc2c(C)cc(C)cc2C)n1C. The van der Waals surface area contributed by atoms with Gasteiger partial charge < -0.3 is 19.9 Å². The van der Waals surface area contributed by atoms with E-state index in [0.29, 0.717) is 22.4 Å². The summed E-state index contributed by atoms with van der Waals surface area (Å²) in [6.45, 7) is 5.99. The molecule has 32 heavy (non-hydrogen) atoms. The number of hydrogen-bond acceptors (Lipinski definition) is 6. The van der Waals surface area contributed by atoms with Gasteiger partial charge in [0.25, 0.3) is 0 Å². The maximum Gasteiger partial charge on any atom is 0.234 e. The lowest BCUT2D eigenvalue weighted by Gasteiger charge is -2.12. The molecule has 0 saturated carbocycles. The Kier molecular flexibility index (Phi) is 7.53. The average Bonchev–Trinajstić information content (AvgIpc) is 3.08. The van der Waals surface area contributed by atoms with E-state index in [4.69, 9.17) is 4.74 Å². The van der Waals surface area contributed by atoms with Gasteiger partial charge in [0.15, 0.2) is 5.16 Å². The van der Waals surface area contributed by atoms with Gasteiger partial charge in [-0.1, -0.05) is 41.6 Å². The second-order valence-corrected chi connectivity index (χ2v) is 8.44. The first-order valence-corrected chi connectivity index (χ1v) is 11.1. The van der Waals surface area contributed by atoms with Gasteiger partial charge in [0.2, 0.25) is 11.8 Å². The van der Waals surface area contributed by atoms with Crippen molar-refractivity contribution in [2.45, 2.75) is 32.3 Å². The minimum absolute atomic E-state index is 0.0516. The smallest absolute Gasteiger partial charge is 0.234 e. The van der Waals surface area contributed by atoms with Gasteiger partial charge in [0.1, 0.15) is 11.6 Å². The van der Waals surface area contributed by atoms with Crippen molar-refractivity contribution in [3.05, 3.63) is 58.9 Å². The molecule has 0 unspecified atom stereocenters. The molecular weight excluding hydrogens is 426 g/mol. The fourth-order valence-corrected chi connectivity index (χ4v) is 4.12. The quantitative estimate of drug-likeness (QED) is 0.505. The van der Waals surface area contributed by atoms with E-state index in [9.17, 15) is 9.59 Å². The van der Waals surface area contributed by atoms with E-state index in [1.807, 2.05) is 45.0 Å². The minimum Gasteiger partial charge on any atom is -0.495 e. The van der Waals surface area contributed by atoms with Crippen LogP contribution in [-0.2, 0) is 23.1 Å². The number of carbonyl (C=O) groups excluding carboxylic acids is 2. The molecule has 8 nitrogen and oxygen atoms in total. The van der Waals surface area contributed by atoms with Crippen LogP contribution in [0.2, 0.25) is 0 Å². The van der Waals surface area contributed by atoms with Crippen LogP contribution in [0, 0.1) is 20.8 Å². The van der Waals surface area contributed by atoms with Gasteiger partial charge in [-0.15, -0.1) is 10.2 Å². The molecule has 0 radical (unpaired) electrons. The van der Waals surface area contributed by atoms with Gasteiger partial charge in [0, 0.05) is 12.7 Å². The van der Waals surface area contributed by atoms with Crippen molar-refractivity contribution in [3.8, 4) is 5.75 Å². The lowest BCUT2D eigenvalue weighted by atomic mass is 10.1. The van der Waals surface area contributed by atoms with Crippen molar-refractivity contribution < 1.29 is 14.3 Å². The van der Waals surface area contributed by atoms with Gasteiger partial charge in [0.05, 0.1) is 25.0 Å². The monoisotopic (exact) mass is 453 g/mol. The molecule has 168 valence electrons. The molecule has 3 aromatic rings. The number of rotatable bonds is 8. The summed E-state index contributed by atoms with van der Waals surface area (Å²) in [5.41, 5.74) is 4.66. The molecule has 0 bridgehead atoms. The first kappa shape index (κ1) is 23.3. The van der Waals surface area contributed by atoms with Gasteiger partial charge >= 0.3 is 0 Å². The standard InChI is InChI=1S/C23H27N5O3S/c1-14-10-15(2)22(16(3)11-14)25-21(30)13-32-23-27-26-19(28(23)4)12-20(29)24-17-8-6-7-9-18(17)31-5/h6-11H,12-13H2,1-5H3,(H,24,29)(H,25,30). The molecule has 0 saturated heterocycles. The Morgan fingerprint density at radius 2 is 1.72 bits per heavy atom. The molecule has 3 rings (SSSR count). The summed E-state index contributed by atoms with van der Waals surface area (Å²) in [5.74, 6) is 0.922. The van der Waals surface area contributed by atoms with E-state index < -0.39 is 0 Å². The van der Waals surface area contributed by atoms with Crippen molar-refractivity contribution in [2.75, 3.05) is 23.5 Å². The third kappa shape index (κ3) is 5.67. The predicted octanol–water partition coefficient (Wildman–Crippen LogP) is 3.66. The number of aryl methyl sites for hydroxylation is 3. The number of ether oxygens (including phenoxy) is 1. The molecule has 2 amide bonds. The number of aromatic nitrogens is 3. The second-order valence-electron chi connectivity index (χ2n) is 7.49. The summed E-state index contributed by atoms with van der Waals surface area (Å²) in [6.07, 6.45) is 0.0516. The van der Waals surface area contributed by atoms with Crippen LogP contribution < -0.4 is 15.4 Å². The molecule has 1 aromatic heterocycles. The Hall–Kier alpha value is -3.33. The van der Waals surface area contributed by atoms with Crippen molar-refractivity contribution in [1.29, 1.82) is 0 Å². The van der Waals surface area contributed by atoms with Crippen molar-refractivity contribution >= 4 is 35.0 Å². The zero-order chi connectivity index (χ0) is 23.3. The highest BCUT2D eigenvalue weighted by molar-refractivity contribution is 7.99. The number of anilines is 2. The summed E-state index contributed by atoms with van der Waals surface area (Å²) in [4.78, 5) is 24.9. The van der Waals surface area contributed by atoms with Gasteiger partial charge in [-0.05, 0) is 44.0 Å². The van der Waals surface area contributed by atoms with Gasteiger partial charge in [-0.25, -0.2) is 0 Å². The Morgan fingerprint density at radius 3 is 2.41 bits per heavy atom. The highest BCUT2D eigenvalue weighted by Gasteiger charge is 2.16. The third-order valence-electron chi connectivity index (χ3n) is 4.90. The van der Waals surface area contributed by atoms with Crippen LogP contribution in [0.4, 0.5) is 11.4 Å². The molecule has 9 heteroatoms. The Morgan fingerprint density at radius 1 is 1.03 bits per heavy atom. The van der Waals surface area contributed by atoms with E-state index in [1.165, 1.54) is 11.8 Å². The summed E-state index contributed by atoms with van der Waals surface area (Å²) in [6, 6.07) is 11.3. The van der Waals surface area contributed by atoms with E-state index in [2.05, 4.69) is 20.8 Å². The molecule has 0 aliphatic heterocycles. The van der Waals surface area contributed by atoms with Crippen LogP contribution in [0.5, 0.6) is 5.75 Å². The van der Waals surface area contributed by atoms with Crippen molar-refractivity contribution in [1.82, 2.24) is 14.8 Å². The molecule has 0 aliphatic rings.